The van der Waals surface area contributed by atoms with Crippen LogP contribution >= 0.6 is 0 Å². The van der Waals surface area contributed by atoms with Crippen LogP contribution in [0.15, 0.2) is 35.3 Å². The smallest absolute Gasteiger partial charge is 0.393 e. The van der Waals surface area contributed by atoms with Crippen LogP contribution in [0.3, 0.4) is 0 Å². The molecule has 1 aromatic carbocycles. The zero-order valence-corrected chi connectivity index (χ0v) is 16.1. The van der Waals surface area contributed by atoms with Gasteiger partial charge in [0.15, 0.2) is 0 Å². The van der Waals surface area contributed by atoms with Gasteiger partial charge in [-0.25, -0.2) is 4.98 Å². The van der Waals surface area contributed by atoms with Gasteiger partial charge in [0, 0.05) is 25.0 Å². The highest BCUT2D eigenvalue weighted by atomic mass is 19.4. The molecular weight excluding hydrogens is 399 g/mol. The highest BCUT2D eigenvalue weighted by molar-refractivity contribution is 5.92. The first kappa shape index (κ1) is 20.1. The van der Waals surface area contributed by atoms with E-state index < -0.39 is 17.3 Å². The molecule has 0 radical (unpaired) electrons. The van der Waals surface area contributed by atoms with E-state index in [-0.39, 0.29) is 17.3 Å². The molecule has 4 rings (SSSR count). The van der Waals surface area contributed by atoms with Crippen molar-refractivity contribution in [3.05, 3.63) is 51.9 Å². The summed E-state index contributed by atoms with van der Waals surface area (Å²) in [6.45, 7) is 2.93. The molecule has 30 heavy (non-hydrogen) atoms. The molecule has 0 aliphatic carbocycles. The number of aliphatic hydroxyl groups is 1. The Labute approximate surface area is 169 Å². The minimum absolute atomic E-state index is 0.214. The van der Waals surface area contributed by atoms with E-state index in [4.69, 9.17) is 0 Å². The SMILES string of the molecule is Cc1c[nH]c(=O)c2c(Nc3ccc(C(F)(F)F)cc3)nc(N3CCC(O)CC3)nc12. The van der Waals surface area contributed by atoms with Gasteiger partial charge in [-0.05, 0) is 49.6 Å². The van der Waals surface area contributed by atoms with E-state index in [1.165, 1.54) is 12.1 Å². The zero-order valence-electron chi connectivity index (χ0n) is 16.1. The molecule has 1 aliphatic rings. The number of fused-ring (bicyclic) bond motifs is 1. The van der Waals surface area contributed by atoms with Crippen molar-refractivity contribution >= 4 is 28.4 Å². The predicted molar refractivity (Wildman–Crippen MR) is 107 cm³/mol. The van der Waals surface area contributed by atoms with E-state index in [9.17, 15) is 23.1 Å². The van der Waals surface area contributed by atoms with E-state index in [1.807, 2.05) is 4.90 Å². The first-order valence-electron chi connectivity index (χ1n) is 9.49. The molecule has 0 unspecified atom stereocenters. The number of H-pyrrole nitrogens is 1. The predicted octanol–water partition coefficient (Wildman–Crippen LogP) is 3.35. The van der Waals surface area contributed by atoms with Gasteiger partial charge in [0.2, 0.25) is 5.95 Å². The summed E-state index contributed by atoms with van der Waals surface area (Å²) in [5, 5.41) is 12.9. The number of aromatic nitrogens is 3. The Balaban J connectivity index is 1.77. The number of nitrogens with one attached hydrogen (secondary N) is 2. The Morgan fingerprint density at radius 2 is 1.83 bits per heavy atom. The van der Waals surface area contributed by atoms with Crippen LogP contribution in [0, 0.1) is 6.92 Å². The molecule has 158 valence electrons. The summed E-state index contributed by atoms with van der Waals surface area (Å²) in [5.41, 5.74) is 0.404. The van der Waals surface area contributed by atoms with E-state index in [2.05, 4.69) is 20.3 Å². The van der Waals surface area contributed by atoms with E-state index >= 15 is 0 Å². The molecule has 1 aliphatic heterocycles. The monoisotopic (exact) mass is 419 g/mol. The summed E-state index contributed by atoms with van der Waals surface area (Å²) < 4.78 is 38.5. The molecule has 0 bridgehead atoms. The van der Waals surface area contributed by atoms with Crippen LogP contribution in [0.4, 0.5) is 30.6 Å². The quantitative estimate of drug-likeness (QED) is 0.603. The van der Waals surface area contributed by atoms with Crippen LogP contribution < -0.4 is 15.8 Å². The van der Waals surface area contributed by atoms with Gasteiger partial charge in [0.1, 0.15) is 11.2 Å². The molecule has 3 aromatic rings. The molecule has 10 heteroatoms. The summed E-state index contributed by atoms with van der Waals surface area (Å²) in [4.78, 5) is 26.1. The summed E-state index contributed by atoms with van der Waals surface area (Å²) >= 11 is 0. The second-order valence-corrected chi connectivity index (χ2v) is 7.31. The van der Waals surface area contributed by atoms with Crippen LogP contribution in [0.2, 0.25) is 0 Å². The highest BCUT2D eigenvalue weighted by Gasteiger charge is 2.30. The summed E-state index contributed by atoms with van der Waals surface area (Å²) in [6.07, 6.45) is -2.07. The third kappa shape index (κ3) is 3.95. The number of rotatable bonds is 3. The second-order valence-electron chi connectivity index (χ2n) is 7.31. The van der Waals surface area contributed by atoms with Crippen LogP contribution in [0.5, 0.6) is 0 Å². The number of piperidine rings is 1. The van der Waals surface area contributed by atoms with Crippen molar-refractivity contribution in [3.63, 3.8) is 0 Å². The van der Waals surface area contributed by atoms with Crippen molar-refractivity contribution < 1.29 is 18.3 Å². The Morgan fingerprint density at radius 3 is 2.47 bits per heavy atom. The van der Waals surface area contributed by atoms with Crippen LogP contribution in [0.1, 0.15) is 24.0 Å². The third-order valence-electron chi connectivity index (χ3n) is 5.14. The number of aryl methyl sites for hydroxylation is 1. The number of aromatic amines is 1. The molecule has 3 heterocycles. The Morgan fingerprint density at radius 1 is 1.17 bits per heavy atom. The molecule has 2 aromatic heterocycles. The number of benzene rings is 1. The number of anilines is 3. The molecule has 3 N–H and O–H groups in total. The Kier molecular flexibility index (Phi) is 5.10. The van der Waals surface area contributed by atoms with E-state index in [0.717, 1.165) is 17.7 Å². The lowest BCUT2D eigenvalue weighted by Gasteiger charge is -2.30. The minimum Gasteiger partial charge on any atom is -0.393 e. The van der Waals surface area contributed by atoms with Gasteiger partial charge in [-0.1, -0.05) is 0 Å². The number of halogens is 3. The fraction of sp³-hybridized carbons (Fsp3) is 0.350. The second kappa shape index (κ2) is 7.60. The fourth-order valence-corrected chi connectivity index (χ4v) is 3.44. The lowest BCUT2D eigenvalue weighted by atomic mass is 10.1. The fourth-order valence-electron chi connectivity index (χ4n) is 3.44. The third-order valence-corrected chi connectivity index (χ3v) is 5.14. The van der Waals surface area contributed by atoms with Crippen molar-refractivity contribution in [1.29, 1.82) is 0 Å². The van der Waals surface area contributed by atoms with Gasteiger partial charge in [-0.3, -0.25) is 4.79 Å². The molecule has 7 nitrogen and oxygen atoms in total. The zero-order chi connectivity index (χ0) is 21.5. The maximum Gasteiger partial charge on any atom is 0.416 e. The first-order chi connectivity index (χ1) is 14.2. The van der Waals surface area contributed by atoms with Gasteiger partial charge in [0.25, 0.3) is 5.56 Å². The number of alkyl halides is 3. The molecular formula is C20H20F3N5O2. The van der Waals surface area contributed by atoms with E-state index in [1.54, 1.807) is 13.1 Å². The van der Waals surface area contributed by atoms with Gasteiger partial charge >= 0.3 is 6.18 Å². The molecule has 1 fully saturated rings. The molecule has 0 saturated carbocycles. The Hall–Kier alpha value is -3.14. The molecule has 0 atom stereocenters. The molecule has 0 spiro atoms. The molecule has 0 amide bonds. The average molecular weight is 419 g/mol. The topological polar surface area (TPSA) is 94.1 Å². The number of aliphatic hydroxyl groups excluding tert-OH is 1. The molecule has 1 saturated heterocycles. The van der Waals surface area contributed by atoms with Crippen molar-refractivity contribution in [3.8, 4) is 0 Å². The number of hydrogen-bond acceptors (Lipinski definition) is 6. The van der Waals surface area contributed by atoms with Gasteiger partial charge in [-0.2, -0.15) is 18.2 Å². The van der Waals surface area contributed by atoms with Crippen molar-refractivity contribution in [1.82, 2.24) is 15.0 Å². The number of hydrogen-bond donors (Lipinski definition) is 3. The average Bonchev–Trinajstić information content (AvgIpc) is 2.71. The van der Waals surface area contributed by atoms with Crippen molar-refractivity contribution in [2.24, 2.45) is 0 Å². The van der Waals surface area contributed by atoms with Crippen LogP contribution in [0.25, 0.3) is 10.9 Å². The van der Waals surface area contributed by atoms with Crippen molar-refractivity contribution in [2.75, 3.05) is 23.3 Å². The normalized spacial score (nSPS) is 15.6. The Bertz CT molecular complexity index is 1120. The maximum absolute atomic E-state index is 12.8. The largest absolute Gasteiger partial charge is 0.416 e. The number of pyridine rings is 1. The van der Waals surface area contributed by atoms with E-state index in [0.29, 0.717) is 43.1 Å². The van der Waals surface area contributed by atoms with Crippen molar-refractivity contribution in [2.45, 2.75) is 32.0 Å². The van der Waals surface area contributed by atoms with Crippen LogP contribution in [-0.4, -0.2) is 39.3 Å². The maximum atomic E-state index is 12.8. The lowest BCUT2D eigenvalue weighted by molar-refractivity contribution is -0.137. The standard InChI is InChI=1S/C20H20F3N5O2/c1-11-10-24-18(30)15-16(11)26-19(28-8-6-14(29)7-9-28)27-17(15)25-13-4-2-12(3-5-13)20(21,22)23/h2-5,10,14,29H,6-9H2,1H3,(H,24,30)(H,25,26,27). The van der Waals surface area contributed by atoms with Gasteiger partial charge in [0.05, 0.1) is 17.2 Å². The summed E-state index contributed by atoms with van der Waals surface area (Å²) in [5.74, 6) is 0.614. The minimum atomic E-state index is -4.43. The van der Waals surface area contributed by atoms with Crippen LogP contribution in [-0.2, 0) is 6.18 Å². The van der Waals surface area contributed by atoms with Gasteiger partial charge in [-0.15, -0.1) is 0 Å². The lowest BCUT2D eigenvalue weighted by Crippen LogP contribution is -2.37. The van der Waals surface area contributed by atoms with Gasteiger partial charge < -0.3 is 20.3 Å². The summed E-state index contributed by atoms with van der Waals surface area (Å²) in [6, 6.07) is 4.51. The highest BCUT2D eigenvalue weighted by Crippen LogP contribution is 2.31. The first-order valence-corrected chi connectivity index (χ1v) is 9.49. The summed E-state index contributed by atoms with van der Waals surface area (Å²) in [7, 11) is 0. The number of nitrogens with zero attached hydrogens (tertiary/aromatic N) is 3.